The first-order valence-corrected chi connectivity index (χ1v) is 9.34. The summed E-state index contributed by atoms with van der Waals surface area (Å²) >= 11 is 5.94. The lowest BCUT2D eigenvalue weighted by molar-refractivity contribution is -0.122. The van der Waals surface area contributed by atoms with Crippen LogP contribution in [0.5, 0.6) is 0 Å². The summed E-state index contributed by atoms with van der Waals surface area (Å²) in [5, 5.41) is 0.661. The highest BCUT2D eigenvalue weighted by molar-refractivity contribution is 6.30. The lowest BCUT2D eigenvalue weighted by Gasteiger charge is -2.31. The zero-order valence-corrected chi connectivity index (χ0v) is 15.4. The Morgan fingerprint density at radius 3 is 2.69 bits per heavy atom. The summed E-state index contributed by atoms with van der Waals surface area (Å²) in [7, 11) is 0. The number of nitrogens with zero attached hydrogens (tertiary/aromatic N) is 4. The molecule has 0 spiro atoms. The second kappa shape index (κ2) is 6.85. The maximum absolute atomic E-state index is 12.9. The molecule has 0 N–H and O–H groups in total. The minimum Gasteiger partial charge on any atom is -0.311 e. The summed E-state index contributed by atoms with van der Waals surface area (Å²) in [4.78, 5) is 33.8. The first-order chi connectivity index (χ1) is 12.6. The van der Waals surface area contributed by atoms with Crippen molar-refractivity contribution in [2.75, 3.05) is 18.0 Å². The number of aryl methyl sites for hydroxylation is 1. The molecule has 1 saturated heterocycles. The van der Waals surface area contributed by atoms with E-state index in [2.05, 4.69) is 9.88 Å². The van der Waals surface area contributed by atoms with E-state index >= 15 is 0 Å². The van der Waals surface area contributed by atoms with Crippen LogP contribution >= 0.6 is 11.6 Å². The van der Waals surface area contributed by atoms with Crippen LogP contribution in [0.4, 0.5) is 5.69 Å². The van der Waals surface area contributed by atoms with Crippen LogP contribution in [0.3, 0.4) is 0 Å². The van der Waals surface area contributed by atoms with Gasteiger partial charge in [-0.1, -0.05) is 11.6 Å². The molecule has 6 nitrogen and oxygen atoms in total. The quantitative estimate of drug-likeness (QED) is 0.827. The SMILES string of the molecule is CCn1cnc2c(c1=O)CCN(C1CCN(c3ccc(Cl)cc3)C1=O)C2. The first kappa shape index (κ1) is 17.2. The van der Waals surface area contributed by atoms with E-state index < -0.39 is 0 Å². The third-order valence-electron chi connectivity index (χ3n) is 5.32. The molecule has 3 heterocycles. The van der Waals surface area contributed by atoms with Crippen LogP contribution in [-0.4, -0.2) is 39.5 Å². The largest absolute Gasteiger partial charge is 0.311 e. The third-order valence-corrected chi connectivity index (χ3v) is 5.57. The van der Waals surface area contributed by atoms with Crippen LogP contribution in [0.25, 0.3) is 0 Å². The molecule has 4 rings (SSSR count). The number of rotatable bonds is 3. The summed E-state index contributed by atoms with van der Waals surface area (Å²) in [6, 6.07) is 7.20. The van der Waals surface area contributed by atoms with Crippen molar-refractivity contribution in [3.63, 3.8) is 0 Å². The van der Waals surface area contributed by atoms with Gasteiger partial charge in [0.2, 0.25) is 5.91 Å². The standard InChI is InChI=1S/C19H21ClN4O2/c1-2-22-12-21-16-11-23(9-7-15(16)18(22)25)17-8-10-24(19(17)26)14-5-3-13(20)4-6-14/h3-6,12,17H,2,7-11H2,1H3. The lowest BCUT2D eigenvalue weighted by Crippen LogP contribution is -2.46. The number of aromatic nitrogens is 2. The van der Waals surface area contributed by atoms with Crippen LogP contribution in [0.1, 0.15) is 24.6 Å². The maximum Gasteiger partial charge on any atom is 0.256 e. The fraction of sp³-hybridized carbons (Fsp3) is 0.421. The van der Waals surface area contributed by atoms with Crippen LogP contribution in [0.15, 0.2) is 35.4 Å². The summed E-state index contributed by atoms with van der Waals surface area (Å²) < 4.78 is 1.64. The Morgan fingerprint density at radius 1 is 1.19 bits per heavy atom. The number of halogens is 1. The molecule has 1 unspecified atom stereocenters. The molecule has 1 amide bonds. The maximum atomic E-state index is 12.9. The molecule has 0 saturated carbocycles. The Morgan fingerprint density at radius 2 is 1.96 bits per heavy atom. The van der Waals surface area contributed by atoms with Crippen molar-refractivity contribution in [3.05, 3.63) is 57.2 Å². The van der Waals surface area contributed by atoms with Gasteiger partial charge in [0.1, 0.15) is 0 Å². The molecule has 26 heavy (non-hydrogen) atoms. The molecule has 136 valence electrons. The van der Waals surface area contributed by atoms with Gasteiger partial charge in [0, 0.05) is 42.5 Å². The van der Waals surface area contributed by atoms with Crippen molar-refractivity contribution in [3.8, 4) is 0 Å². The van der Waals surface area contributed by atoms with E-state index in [1.165, 1.54) is 0 Å². The topological polar surface area (TPSA) is 58.4 Å². The smallest absolute Gasteiger partial charge is 0.256 e. The van der Waals surface area contributed by atoms with Gasteiger partial charge in [-0.3, -0.25) is 19.1 Å². The number of hydrogen-bond acceptors (Lipinski definition) is 4. The molecule has 1 atom stereocenters. The molecule has 0 aliphatic carbocycles. The van der Waals surface area contributed by atoms with E-state index in [0.29, 0.717) is 37.6 Å². The van der Waals surface area contributed by atoms with Gasteiger partial charge in [-0.05, 0) is 44.0 Å². The van der Waals surface area contributed by atoms with Gasteiger partial charge < -0.3 is 4.90 Å². The van der Waals surface area contributed by atoms with Gasteiger partial charge in [-0.15, -0.1) is 0 Å². The minimum absolute atomic E-state index is 0.0534. The minimum atomic E-state index is -0.158. The second-order valence-corrected chi connectivity index (χ2v) is 7.19. The van der Waals surface area contributed by atoms with E-state index in [1.807, 2.05) is 24.0 Å². The van der Waals surface area contributed by atoms with Crippen LogP contribution in [0.2, 0.25) is 5.02 Å². The highest BCUT2D eigenvalue weighted by Crippen LogP contribution is 2.28. The second-order valence-electron chi connectivity index (χ2n) is 6.75. The van der Waals surface area contributed by atoms with E-state index in [0.717, 1.165) is 23.4 Å². The molecule has 7 heteroatoms. The molecule has 1 fully saturated rings. The van der Waals surface area contributed by atoms with Crippen LogP contribution in [0, 0.1) is 0 Å². The Hall–Kier alpha value is -2.18. The summed E-state index contributed by atoms with van der Waals surface area (Å²) in [5.41, 5.74) is 2.54. The fourth-order valence-electron chi connectivity index (χ4n) is 3.85. The number of amides is 1. The van der Waals surface area contributed by atoms with Gasteiger partial charge in [0.25, 0.3) is 5.56 Å². The zero-order chi connectivity index (χ0) is 18.3. The van der Waals surface area contributed by atoms with Crippen molar-refractivity contribution < 1.29 is 4.79 Å². The van der Waals surface area contributed by atoms with Crippen molar-refractivity contribution in [2.45, 2.75) is 38.9 Å². The number of fused-ring (bicyclic) bond motifs is 1. The lowest BCUT2D eigenvalue weighted by atomic mass is 10.0. The van der Waals surface area contributed by atoms with Gasteiger partial charge in [0.15, 0.2) is 0 Å². The summed E-state index contributed by atoms with van der Waals surface area (Å²) in [5.74, 6) is 0.109. The average Bonchev–Trinajstić information content (AvgIpc) is 3.04. The number of benzene rings is 1. The zero-order valence-electron chi connectivity index (χ0n) is 14.7. The van der Waals surface area contributed by atoms with Crippen molar-refractivity contribution in [2.24, 2.45) is 0 Å². The van der Waals surface area contributed by atoms with E-state index in [4.69, 9.17) is 11.6 Å². The normalized spacial score (nSPS) is 20.5. The van der Waals surface area contributed by atoms with Gasteiger partial charge in [-0.2, -0.15) is 0 Å². The van der Waals surface area contributed by atoms with Crippen LogP contribution in [-0.2, 0) is 24.3 Å². The molecule has 1 aromatic carbocycles. The number of carbonyl (C=O) groups excluding carboxylic acids is 1. The number of anilines is 1. The average molecular weight is 373 g/mol. The fourth-order valence-corrected chi connectivity index (χ4v) is 3.98. The van der Waals surface area contributed by atoms with Crippen LogP contribution < -0.4 is 10.5 Å². The number of carbonyl (C=O) groups is 1. The van der Waals surface area contributed by atoms with E-state index in [1.54, 1.807) is 23.0 Å². The highest BCUT2D eigenvalue weighted by Gasteiger charge is 2.38. The van der Waals surface area contributed by atoms with Gasteiger partial charge in [-0.25, -0.2) is 4.98 Å². The molecule has 2 aromatic rings. The Bertz CT molecular complexity index is 893. The molecule has 0 radical (unpaired) electrons. The molecule has 2 aliphatic heterocycles. The van der Waals surface area contributed by atoms with Crippen molar-refractivity contribution >= 4 is 23.2 Å². The molecular weight excluding hydrogens is 352 g/mol. The van der Waals surface area contributed by atoms with Gasteiger partial charge in [0.05, 0.1) is 18.1 Å². The Kier molecular flexibility index (Phi) is 4.54. The van der Waals surface area contributed by atoms with Crippen molar-refractivity contribution in [1.29, 1.82) is 0 Å². The summed E-state index contributed by atoms with van der Waals surface area (Å²) in [6.45, 7) is 4.52. The molecular formula is C19H21ClN4O2. The molecule has 1 aromatic heterocycles. The van der Waals surface area contributed by atoms with E-state index in [-0.39, 0.29) is 17.5 Å². The Balaban J connectivity index is 1.53. The first-order valence-electron chi connectivity index (χ1n) is 8.96. The third kappa shape index (κ3) is 2.93. The Labute approximate surface area is 157 Å². The van der Waals surface area contributed by atoms with Gasteiger partial charge >= 0.3 is 0 Å². The predicted molar refractivity (Wildman–Crippen MR) is 100 cm³/mol. The highest BCUT2D eigenvalue weighted by atomic mass is 35.5. The van der Waals surface area contributed by atoms with Crippen molar-refractivity contribution in [1.82, 2.24) is 14.5 Å². The predicted octanol–water partition coefficient (Wildman–Crippen LogP) is 2.08. The number of hydrogen-bond donors (Lipinski definition) is 0. The monoisotopic (exact) mass is 372 g/mol. The van der Waals surface area contributed by atoms with E-state index in [9.17, 15) is 9.59 Å². The molecule has 2 aliphatic rings. The molecule has 0 bridgehead atoms. The summed E-state index contributed by atoms with van der Waals surface area (Å²) in [6.07, 6.45) is 3.04.